The summed E-state index contributed by atoms with van der Waals surface area (Å²) in [7, 11) is 4.60. The van der Waals surface area contributed by atoms with Crippen molar-refractivity contribution in [2.75, 3.05) is 37.0 Å². The van der Waals surface area contributed by atoms with Crippen molar-refractivity contribution in [2.45, 2.75) is 181 Å². The molecule has 2 aliphatic heterocycles. The van der Waals surface area contributed by atoms with Gasteiger partial charge in [0.05, 0.1) is 0 Å². The van der Waals surface area contributed by atoms with Crippen molar-refractivity contribution in [1.82, 2.24) is 24.8 Å². The second-order valence-electron chi connectivity index (χ2n) is 16.0. The Morgan fingerprint density at radius 2 is 0.905 bits per heavy atom. The molecular formula is C35H67N7. The molecule has 242 valence electrons. The topological polar surface area (TPSA) is 51.6 Å². The molecule has 2 fully saturated rings. The molecule has 0 bridgehead atoms. The van der Waals surface area contributed by atoms with Gasteiger partial charge in [-0.25, -0.2) is 0 Å². The quantitative estimate of drug-likeness (QED) is 0.235. The minimum atomic E-state index is 0.107. The maximum absolute atomic E-state index is 5.43. The van der Waals surface area contributed by atoms with Gasteiger partial charge in [-0.1, -0.05) is 40.0 Å². The van der Waals surface area contributed by atoms with Gasteiger partial charge in [-0.3, -0.25) is 9.80 Å². The number of unbranched alkanes of at least 4 members (excludes halogenated alkanes) is 3. The van der Waals surface area contributed by atoms with Gasteiger partial charge in [-0.2, -0.15) is 15.0 Å². The fourth-order valence-corrected chi connectivity index (χ4v) is 7.73. The van der Waals surface area contributed by atoms with E-state index in [1.165, 1.54) is 12.8 Å². The molecule has 0 atom stereocenters. The van der Waals surface area contributed by atoms with E-state index in [-0.39, 0.29) is 22.2 Å². The maximum atomic E-state index is 5.43. The normalized spacial score (nSPS) is 22.8. The van der Waals surface area contributed by atoms with E-state index in [9.17, 15) is 0 Å². The molecule has 0 spiro atoms. The zero-order valence-corrected chi connectivity index (χ0v) is 30.0. The molecule has 3 rings (SSSR count). The van der Waals surface area contributed by atoms with Crippen molar-refractivity contribution in [1.29, 1.82) is 0 Å². The second kappa shape index (κ2) is 13.7. The van der Waals surface area contributed by atoms with Crippen LogP contribution in [0.2, 0.25) is 0 Å². The van der Waals surface area contributed by atoms with E-state index in [2.05, 4.69) is 110 Å². The third-order valence-corrected chi connectivity index (χ3v) is 10.9. The molecular weight excluding hydrogens is 518 g/mol. The monoisotopic (exact) mass is 586 g/mol. The highest BCUT2D eigenvalue weighted by molar-refractivity contribution is 5.42. The van der Waals surface area contributed by atoms with Crippen LogP contribution in [0.4, 0.5) is 11.9 Å². The van der Waals surface area contributed by atoms with Crippen LogP contribution in [0, 0.1) is 0 Å². The summed E-state index contributed by atoms with van der Waals surface area (Å²) in [6, 6.07) is 0.801. The lowest BCUT2D eigenvalue weighted by atomic mass is 9.77. The van der Waals surface area contributed by atoms with Crippen LogP contribution in [0.1, 0.15) is 146 Å². The minimum Gasteiger partial charge on any atom is -0.338 e. The van der Waals surface area contributed by atoms with E-state index >= 15 is 0 Å². The van der Waals surface area contributed by atoms with E-state index in [1.807, 2.05) is 0 Å². The van der Waals surface area contributed by atoms with Gasteiger partial charge in [0.15, 0.2) is 0 Å². The third kappa shape index (κ3) is 7.97. The molecule has 7 nitrogen and oxygen atoms in total. The number of hydrogen-bond acceptors (Lipinski definition) is 7. The Bertz CT molecular complexity index is 893. The predicted octanol–water partition coefficient (Wildman–Crippen LogP) is 7.73. The fraction of sp³-hybridized carbons (Fsp3) is 0.914. The van der Waals surface area contributed by atoms with Crippen LogP contribution in [0.3, 0.4) is 0 Å². The molecule has 0 aliphatic carbocycles. The fourth-order valence-electron chi connectivity index (χ4n) is 7.73. The van der Waals surface area contributed by atoms with E-state index in [4.69, 9.17) is 15.0 Å². The number of rotatable bonds is 13. The molecule has 0 radical (unpaired) electrons. The summed E-state index contributed by atoms with van der Waals surface area (Å²) < 4.78 is 0. The van der Waals surface area contributed by atoms with E-state index < -0.39 is 0 Å². The molecule has 1 aromatic heterocycles. The standard InChI is InChI=1S/C35H67N7/c1-14-17-20-29-36-30(41(21-18-15-2)27-23-32(4,5)39(12)33(6,7)24-27)38-31(37-29)42(22-19-16-3)28-25-34(8,9)40(13)35(10,11)26-28/h27-28H,14-26H2,1-13H3. The van der Waals surface area contributed by atoms with Gasteiger partial charge in [0, 0.05) is 53.7 Å². The van der Waals surface area contributed by atoms with Crippen molar-refractivity contribution in [2.24, 2.45) is 0 Å². The summed E-state index contributed by atoms with van der Waals surface area (Å²) in [5.41, 5.74) is 0.429. The van der Waals surface area contributed by atoms with Crippen LogP contribution in [0.5, 0.6) is 0 Å². The van der Waals surface area contributed by atoms with Gasteiger partial charge in [0.1, 0.15) is 5.82 Å². The average molecular weight is 586 g/mol. The van der Waals surface area contributed by atoms with Crippen LogP contribution in [0.25, 0.3) is 0 Å². The largest absolute Gasteiger partial charge is 0.338 e. The highest BCUT2D eigenvalue weighted by Gasteiger charge is 2.47. The van der Waals surface area contributed by atoms with Crippen molar-refractivity contribution in [3.05, 3.63) is 5.82 Å². The van der Waals surface area contributed by atoms with Gasteiger partial charge in [-0.05, 0) is 114 Å². The number of aromatic nitrogens is 3. The molecule has 1 aromatic rings. The Morgan fingerprint density at radius 3 is 1.21 bits per heavy atom. The van der Waals surface area contributed by atoms with Crippen LogP contribution in [-0.4, -0.2) is 86.2 Å². The summed E-state index contributed by atoms with van der Waals surface area (Å²) in [5, 5.41) is 0. The first-order valence-corrected chi connectivity index (χ1v) is 17.2. The first-order chi connectivity index (χ1) is 19.5. The van der Waals surface area contributed by atoms with Crippen molar-refractivity contribution >= 4 is 11.9 Å². The molecule has 0 aromatic carbocycles. The highest BCUT2D eigenvalue weighted by atomic mass is 15.4. The highest BCUT2D eigenvalue weighted by Crippen LogP contribution is 2.42. The molecule has 2 saturated heterocycles. The molecule has 0 saturated carbocycles. The number of aryl methyl sites for hydroxylation is 1. The third-order valence-electron chi connectivity index (χ3n) is 10.9. The summed E-state index contributed by atoms with van der Waals surface area (Å²) in [4.78, 5) is 26.3. The van der Waals surface area contributed by atoms with Crippen molar-refractivity contribution in [3.8, 4) is 0 Å². The lowest BCUT2D eigenvalue weighted by molar-refractivity contribution is -0.0130. The van der Waals surface area contributed by atoms with Crippen LogP contribution < -0.4 is 9.80 Å². The number of piperidine rings is 2. The molecule has 7 heteroatoms. The number of anilines is 2. The Labute approximate surface area is 260 Å². The Morgan fingerprint density at radius 1 is 0.571 bits per heavy atom. The van der Waals surface area contributed by atoms with Gasteiger partial charge in [-0.15, -0.1) is 0 Å². The zero-order valence-electron chi connectivity index (χ0n) is 30.0. The van der Waals surface area contributed by atoms with Crippen molar-refractivity contribution < 1.29 is 0 Å². The molecule has 3 heterocycles. The number of likely N-dealkylation sites (tertiary alicyclic amines) is 2. The Balaban J connectivity index is 2.12. The Kier molecular flexibility index (Phi) is 11.4. The smallest absolute Gasteiger partial charge is 0.230 e. The minimum absolute atomic E-state index is 0.107. The first kappa shape index (κ1) is 35.0. The molecule has 0 amide bonds. The van der Waals surface area contributed by atoms with Crippen LogP contribution in [0.15, 0.2) is 0 Å². The molecule has 42 heavy (non-hydrogen) atoms. The lowest BCUT2D eigenvalue weighted by Gasteiger charge is -2.56. The number of hydrogen-bond donors (Lipinski definition) is 0. The van der Waals surface area contributed by atoms with Gasteiger partial charge in [0.2, 0.25) is 11.9 Å². The second-order valence-corrected chi connectivity index (χ2v) is 16.0. The zero-order chi connectivity index (χ0) is 31.5. The summed E-state index contributed by atoms with van der Waals surface area (Å²) >= 11 is 0. The Hall–Kier alpha value is -1.47. The maximum Gasteiger partial charge on any atom is 0.230 e. The predicted molar refractivity (Wildman–Crippen MR) is 181 cm³/mol. The van der Waals surface area contributed by atoms with E-state index in [0.29, 0.717) is 12.1 Å². The van der Waals surface area contributed by atoms with E-state index in [0.717, 1.165) is 88.6 Å². The summed E-state index contributed by atoms with van der Waals surface area (Å²) in [6.45, 7) is 28.1. The first-order valence-electron chi connectivity index (χ1n) is 17.2. The molecule has 2 aliphatic rings. The number of nitrogens with zero attached hydrogens (tertiary/aromatic N) is 7. The lowest BCUT2D eigenvalue weighted by Crippen LogP contribution is -2.63. The van der Waals surface area contributed by atoms with Crippen LogP contribution >= 0.6 is 0 Å². The van der Waals surface area contributed by atoms with Gasteiger partial charge in [0.25, 0.3) is 0 Å². The molecule has 0 unspecified atom stereocenters. The summed E-state index contributed by atoms with van der Waals surface area (Å²) in [6.07, 6.45) is 12.2. The van der Waals surface area contributed by atoms with Crippen molar-refractivity contribution in [3.63, 3.8) is 0 Å². The molecule has 0 N–H and O–H groups in total. The SMILES string of the molecule is CCCCc1nc(N(CCCC)C2CC(C)(C)N(C)C(C)(C)C2)nc(N(CCCC)C2CC(C)(C)N(C)C(C)(C)C2)n1. The van der Waals surface area contributed by atoms with Crippen LogP contribution in [-0.2, 0) is 6.42 Å². The van der Waals surface area contributed by atoms with E-state index in [1.54, 1.807) is 0 Å². The average Bonchev–Trinajstić information content (AvgIpc) is 2.89. The summed E-state index contributed by atoms with van der Waals surface area (Å²) in [5.74, 6) is 2.79. The van der Waals surface area contributed by atoms with Gasteiger partial charge < -0.3 is 9.80 Å². The van der Waals surface area contributed by atoms with Gasteiger partial charge >= 0.3 is 0 Å².